The molecule has 1 aliphatic heterocycles. The van der Waals surface area contributed by atoms with Gasteiger partial charge in [-0.3, -0.25) is 0 Å². The zero-order valence-electron chi connectivity index (χ0n) is 10.8. The molecular formula is C12H26N2S. The number of likely N-dealkylation sites (N-methyl/N-ethyl adjacent to an activating group) is 1. The topological polar surface area (TPSA) is 15.3 Å². The van der Waals surface area contributed by atoms with Crippen molar-refractivity contribution in [3.63, 3.8) is 0 Å². The lowest BCUT2D eigenvalue weighted by Crippen LogP contribution is -2.33. The first kappa shape index (κ1) is 13.3. The Kier molecular flexibility index (Phi) is 4.94. The number of thioether (sulfide) groups is 1. The van der Waals surface area contributed by atoms with Crippen molar-refractivity contribution < 1.29 is 0 Å². The standard InChI is InChI=1S/C12H26N2S/c1-10-8-11(9-14(10)5)13-6-7-15-12(2,3)4/h10-11,13H,6-9H2,1-5H3. The van der Waals surface area contributed by atoms with E-state index in [2.05, 4.69) is 45.0 Å². The molecule has 0 amide bonds. The van der Waals surface area contributed by atoms with Crippen LogP contribution in [0.5, 0.6) is 0 Å². The summed E-state index contributed by atoms with van der Waals surface area (Å²) in [7, 11) is 2.22. The summed E-state index contributed by atoms with van der Waals surface area (Å²) in [6.45, 7) is 11.5. The van der Waals surface area contributed by atoms with Gasteiger partial charge in [-0.2, -0.15) is 11.8 Å². The Morgan fingerprint density at radius 3 is 2.53 bits per heavy atom. The number of hydrogen-bond donors (Lipinski definition) is 1. The monoisotopic (exact) mass is 230 g/mol. The largest absolute Gasteiger partial charge is 0.312 e. The molecule has 0 aromatic heterocycles. The van der Waals surface area contributed by atoms with Crippen LogP contribution in [0.3, 0.4) is 0 Å². The second-order valence-corrected chi connectivity index (χ2v) is 7.56. The third-order valence-electron chi connectivity index (χ3n) is 2.96. The minimum absolute atomic E-state index is 0.404. The van der Waals surface area contributed by atoms with Crippen LogP contribution >= 0.6 is 11.8 Å². The molecule has 0 aromatic carbocycles. The summed E-state index contributed by atoms with van der Waals surface area (Å²) in [5.74, 6) is 1.22. The fourth-order valence-electron chi connectivity index (χ4n) is 1.96. The van der Waals surface area contributed by atoms with Crippen LogP contribution in [0.25, 0.3) is 0 Å². The van der Waals surface area contributed by atoms with Gasteiger partial charge in [-0.25, -0.2) is 0 Å². The lowest BCUT2D eigenvalue weighted by molar-refractivity contribution is 0.327. The zero-order chi connectivity index (χ0) is 11.5. The van der Waals surface area contributed by atoms with Crippen molar-refractivity contribution >= 4 is 11.8 Å². The van der Waals surface area contributed by atoms with Gasteiger partial charge in [0.2, 0.25) is 0 Å². The van der Waals surface area contributed by atoms with Gasteiger partial charge >= 0.3 is 0 Å². The molecule has 1 rings (SSSR count). The molecule has 1 fully saturated rings. The maximum absolute atomic E-state index is 3.65. The Bertz CT molecular complexity index is 179. The summed E-state index contributed by atoms with van der Waals surface area (Å²) in [6.07, 6.45) is 1.30. The summed E-state index contributed by atoms with van der Waals surface area (Å²) in [5.41, 5.74) is 0. The van der Waals surface area contributed by atoms with Gasteiger partial charge in [0, 0.05) is 35.7 Å². The maximum atomic E-state index is 3.65. The predicted octanol–water partition coefficient (Wildman–Crippen LogP) is 2.20. The third kappa shape index (κ3) is 5.23. The van der Waals surface area contributed by atoms with Gasteiger partial charge in [0.05, 0.1) is 0 Å². The molecule has 1 heterocycles. The molecule has 0 aliphatic carbocycles. The third-order valence-corrected chi connectivity index (χ3v) is 4.23. The van der Waals surface area contributed by atoms with Crippen LogP contribution < -0.4 is 5.32 Å². The molecule has 0 radical (unpaired) electrons. The number of hydrogen-bond acceptors (Lipinski definition) is 3. The van der Waals surface area contributed by atoms with Gasteiger partial charge in [-0.05, 0) is 20.4 Å². The van der Waals surface area contributed by atoms with E-state index in [0.717, 1.165) is 12.6 Å². The molecule has 1 saturated heterocycles. The molecule has 1 aliphatic rings. The van der Waals surface area contributed by atoms with Crippen LogP contribution in [0.15, 0.2) is 0 Å². The second-order valence-electron chi connectivity index (χ2n) is 5.64. The molecule has 0 saturated carbocycles. The van der Waals surface area contributed by atoms with E-state index < -0.39 is 0 Å². The van der Waals surface area contributed by atoms with Gasteiger partial charge in [-0.1, -0.05) is 20.8 Å². The Labute approximate surface area is 99.2 Å². The molecule has 15 heavy (non-hydrogen) atoms. The van der Waals surface area contributed by atoms with Gasteiger partial charge in [0.25, 0.3) is 0 Å². The first-order valence-corrected chi connectivity index (χ1v) is 6.94. The molecule has 90 valence electrons. The van der Waals surface area contributed by atoms with Crippen LogP contribution in [0, 0.1) is 0 Å². The molecule has 0 spiro atoms. The van der Waals surface area contributed by atoms with E-state index in [0.29, 0.717) is 10.8 Å². The minimum atomic E-state index is 0.404. The van der Waals surface area contributed by atoms with Crippen molar-refractivity contribution in [2.75, 3.05) is 25.9 Å². The lowest BCUT2D eigenvalue weighted by Gasteiger charge is -2.18. The second kappa shape index (κ2) is 5.55. The van der Waals surface area contributed by atoms with Crippen LogP contribution in [0.4, 0.5) is 0 Å². The van der Waals surface area contributed by atoms with E-state index >= 15 is 0 Å². The summed E-state index contributed by atoms with van der Waals surface area (Å²) >= 11 is 2.04. The van der Waals surface area contributed by atoms with Crippen molar-refractivity contribution in [1.29, 1.82) is 0 Å². The Balaban J connectivity index is 2.07. The summed E-state index contributed by atoms with van der Waals surface area (Å²) in [5, 5.41) is 3.65. The first-order valence-electron chi connectivity index (χ1n) is 5.96. The maximum Gasteiger partial charge on any atom is 0.0210 e. The Hall–Kier alpha value is 0.270. The minimum Gasteiger partial charge on any atom is -0.312 e. The van der Waals surface area contributed by atoms with E-state index in [-0.39, 0.29) is 0 Å². The highest BCUT2D eigenvalue weighted by molar-refractivity contribution is 8.00. The smallest absolute Gasteiger partial charge is 0.0210 e. The molecule has 1 N–H and O–H groups in total. The average Bonchev–Trinajstić information content (AvgIpc) is 2.39. The van der Waals surface area contributed by atoms with Crippen LogP contribution in [0.1, 0.15) is 34.1 Å². The Morgan fingerprint density at radius 2 is 2.07 bits per heavy atom. The molecular weight excluding hydrogens is 204 g/mol. The van der Waals surface area contributed by atoms with Crippen molar-refractivity contribution in [1.82, 2.24) is 10.2 Å². The molecule has 2 nitrogen and oxygen atoms in total. The quantitative estimate of drug-likeness (QED) is 0.746. The summed E-state index contributed by atoms with van der Waals surface area (Å²) in [4.78, 5) is 2.44. The number of rotatable bonds is 4. The van der Waals surface area contributed by atoms with Crippen molar-refractivity contribution in [2.24, 2.45) is 0 Å². The van der Waals surface area contributed by atoms with Gasteiger partial charge in [0.1, 0.15) is 0 Å². The van der Waals surface area contributed by atoms with Gasteiger partial charge in [0.15, 0.2) is 0 Å². The fourth-order valence-corrected chi connectivity index (χ4v) is 2.79. The molecule has 0 aromatic rings. The zero-order valence-corrected chi connectivity index (χ0v) is 11.7. The molecule has 3 heteroatoms. The lowest BCUT2D eigenvalue weighted by atomic mass is 10.2. The fraction of sp³-hybridized carbons (Fsp3) is 1.00. The Morgan fingerprint density at radius 1 is 1.40 bits per heavy atom. The van der Waals surface area contributed by atoms with Gasteiger partial charge < -0.3 is 10.2 Å². The van der Waals surface area contributed by atoms with E-state index in [4.69, 9.17) is 0 Å². The van der Waals surface area contributed by atoms with E-state index in [1.165, 1.54) is 18.7 Å². The highest BCUT2D eigenvalue weighted by Crippen LogP contribution is 2.22. The van der Waals surface area contributed by atoms with Crippen LogP contribution in [-0.2, 0) is 0 Å². The van der Waals surface area contributed by atoms with Crippen LogP contribution in [0.2, 0.25) is 0 Å². The molecule has 2 unspecified atom stereocenters. The highest BCUT2D eigenvalue weighted by Gasteiger charge is 2.25. The molecule has 0 bridgehead atoms. The number of likely N-dealkylation sites (tertiary alicyclic amines) is 1. The molecule has 2 atom stereocenters. The normalized spacial score (nSPS) is 28.6. The van der Waals surface area contributed by atoms with E-state index in [1.807, 2.05) is 11.8 Å². The first-order chi connectivity index (χ1) is 6.88. The van der Waals surface area contributed by atoms with Crippen molar-refractivity contribution in [2.45, 2.75) is 50.9 Å². The van der Waals surface area contributed by atoms with Crippen molar-refractivity contribution in [3.05, 3.63) is 0 Å². The van der Waals surface area contributed by atoms with Gasteiger partial charge in [-0.15, -0.1) is 0 Å². The highest BCUT2D eigenvalue weighted by atomic mass is 32.2. The van der Waals surface area contributed by atoms with E-state index in [9.17, 15) is 0 Å². The average molecular weight is 230 g/mol. The predicted molar refractivity (Wildman–Crippen MR) is 70.7 cm³/mol. The summed E-state index contributed by atoms with van der Waals surface area (Å²) in [6, 6.07) is 1.46. The van der Waals surface area contributed by atoms with Crippen LogP contribution in [-0.4, -0.2) is 47.6 Å². The number of nitrogens with one attached hydrogen (secondary N) is 1. The summed E-state index contributed by atoms with van der Waals surface area (Å²) < 4.78 is 0.404. The SMILES string of the molecule is CC1CC(NCCSC(C)(C)C)CN1C. The number of nitrogens with zero attached hydrogens (tertiary/aromatic N) is 1. The van der Waals surface area contributed by atoms with E-state index in [1.54, 1.807) is 0 Å². The van der Waals surface area contributed by atoms with Crippen molar-refractivity contribution in [3.8, 4) is 0 Å².